The minimum atomic E-state index is -2.41. The summed E-state index contributed by atoms with van der Waals surface area (Å²) >= 11 is 0. The number of hydrogen-bond acceptors (Lipinski definition) is 1. The monoisotopic (exact) mass is 354 g/mol. The molecular formula is C22H36F2O. The van der Waals surface area contributed by atoms with Gasteiger partial charge in [0.1, 0.15) is 0 Å². The van der Waals surface area contributed by atoms with E-state index < -0.39 is 5.92 Å². The SMILES string of the molecule is CC(C)O[C@H]1CC[C@H]2[C@@H]3CCC4CC(F)(F)CC[C@]4(C)C3CC[C@]12C. The Bertz CT molecular complexity index is 518. The fraction of sp³-hybridized carbons (Fsp3) is 1.00. The van der Waals surface area contributed by atoms with Crippen LogP contribution in [-0.4, -0.2) is 18.1 Å². The predicted molar refractivity (Wildman–Crippen MR) is 96.7 cm³/mol. The van der Waals surface area contributed by atoms with E-state index in [2.05, 4.69) is 27.7 Å². The maximum Gasteiger partial charge on any atom is 0.248 e. The van der Waals surface area contributed by atoms with Crippen LogP contribution in [0, 0.1) is 34.5 Å². The second-order valence-electron chi connectivity index (χ2n) is 10.5. The molecule has 0 radical (unpaired) electrons. The maximum absolute atomic E-state index is 14.0. The molecule has 0 aliphatic heterocycles. The lowest BCUT2D eigenvalue weighted by molar-refractivity contribution is -0.172. The van der Waals surface area contributed by atoms with E-state index in [1.807, 2.05) is 0 Å². The van der Waals surface area contributed by atoms with E-state index >= 15 is 0 Å². The minimum Gasteiger partial charge on any atom is -0.375 e. The largest absolute Gasteiger partial charge is 0.375 e. The minimum absolute atomic E-state index is 0.115. The van der Waals surface area contributed by atoms with E-state index in [0.29, 0.717) is 23.5 Å². The fourth-order valence-corrected chi connectivity index (χ4v) is 7.68. The summed E-state index contributed by atoms with van der Waals surface area (Å²) in [5.74, 6) is -0.0177. The molecule has 25 heavy (non-hydrogen) atoms. The van der Waals surface area contributed by atoms with Gasteiger partial charge in [-0.2, -0.15) is 0 Å². The van der Waals surface area contributed by atoms with Gasteiger partial charge >= 0.3 is 0 Å². The highest BCUT2D eigenvalue weighted by Crippen LogP contribution is 2.67. The third-order valence-corrected chi connectivity index (χ3v) is 8.99. The molecule has 0 amide bonds. The maximum atomic E-state index is 14.0. The zero-order valence-electron chi connectivity index (χ0n) is 16.5. The highest BCUT2D eigenvalue weighted by atomic mass is 19.3. The van der Waals surface area contributed by atoms with Crippen LogP contribution in [0.3, 0.4) is 0 Å². The van der Waals surface area contributed by atoms with Crippen molar-refractivity contribution in [1.29, 1.82) is 0 Å². The van der Waals surface area contributed by atoms with Crippen LogP contribution in [0.1, 0.15) is 85.5 Å². The Morgan fingerprint density at radius 2 is 1.56 bits per heavy atom. The molecule has 0 aromatic heterocycles. The Kier molecular flexibility index (Phi) is 4.30. The number of alkyl halides is 2. The van der Waals surface area contributed by atoms with Gasteiger partial charge in [0.15, 0.2) is 0 Å². The highest BCUT2D eigenvalue weighted by Gasteiger charge is 2.62. The quantitative estimate of drug-likeness (QED) is 0.553. The molecule has 3 heteroatoms. The molecule has 0 heterocycles. The molecule has 4 aliphatic carbocycles. The lowest BCUT2D eigenvalue weighted by Crippen LogP contribution is -2.55. The van der Waals surface area contributed by atoms with E-state index in [0.717, 1.165) is 24.7 Å². The average Bonchev–Trinajstić information content (AvgIpc) is 2.84. The van der Waals surface area contributed by atoms with Crippen LogP contribution in [0.15, 0.2) is 0 Å². The Morgan fingerprint density at radius 1 is 0.840 bits per heavy atom. The van der Waals surface area contributed by atoms with Crippen LogP contribution in [0.4, 0.5) is 8.78 Å². The lowest BCUT2D eigenvalue weighted by atomic mass is 9.45. The van der Waals surface area contributed by atoms with Crippen molar-refractivity contribution in [3.63, 3.8) is 0 Å². The van der Waals surface area contributed by atoms with Crippen molar-refractivity contribution in [2.75, 3.05) is 0 Å². The van der Waals surface area contributed by atoms with E-state index in [9.17, 15) is 8.78 Å². The summed E-state index contributed by atoms with van der Waals surface area (Å²) in [4.78, 5) is 0. The van der Waals surface area contributed by atoms with Crippen LogP contribution < -0.4 is 0 Å². The van der Waals surface area contributed by atoms with Crippen molar-refractivity contribution in [1.82, 2.24) is 0 Å². The summed E-state index contributed by atoms with van der Waals surface area (Å²) in [6, 6.07) is 0. The van der Waals surface area contributed by atoms with E-state index in [1.165, 1.54) is 32.1 Å². The van der Waals surface area contributed by atoms with Crippen molar-refractivity contribution in [2.24, 2.45) is 34.5 Å². The van der Waals surface area contributed by atoms with Crippen molar-refractivity contribution in [3.8, 4) is 0 Å². The summed E-state index contributed by atoms with van der Waals surface area (Å²) in [7, 11) is 0. The van der Waals surface area contributed by atoms with Crippen LogP contribution in [0.2, 0.25) is 0 Å². The van der Waals surface area contributed by atoms with Crippen LogP contribution in [0.5, 0.6) is 0 Å². The molecule has 1 nitrogen and oxygen atoms in total. The number of ether oxygens (including phenoxy) is 1. The average molecular weight is 355 g/mol. The van der Waals surface area contributed by atoms with Gasteiger partial charge < -0.3 is 4.74 Å². The van der Waals surface area contributed by atoms with E-state index in [4.69, 9.17) is 4.74 Å². The zero-order chi connectivity index (χ0) is 18.0. The van der Waals surface area contributed by atoms with E-state index in [-0.39, 0.29) is 24.2 Å². The molecule has 4 rings (SSSR count). The van der Waals surface area contributed by atoms with Gasteiger partial charge in [-0.05, 0) is 93.3 Å². The van der Waals surface area contributed by atoms with E-state index in [1.54, 1.807) is 0 Å². The van der Waals surface area contributed by atoms with Crippen molar-refractivity contribution in [2.45, 2.75) is 104 Å². The molecule has 0 aromatic carbocycles. The smallest absolute Gasteiger partial charge is 0.248 e. The van der Waals surface area contributed by atoms with Gasteiger partial charge in [-0.3, -0.25) is 0 Å². The first-order chi connectivity index (χ1) is 11.7. The van der Waals surface area contributed by atoms with Gasteiger partial charge in [-0.25, -0.2) is 8.78 Å². The summed E-state index contributed by atoms with van der Waals surface area (Å²) in [6.45, 7) is 9.13. The van der Waals surface area contributed by atoms with Gasteiger partial charge in [0.05, 0.1) is 12.2 Å². The topological polar surface area (TPSA) is 9.23 Å². The summed E-state index contributed by atoms with van der Waals surface area (Å²) in [5.41, 5.74) is 0.468. The molecule has 0 spiro atoms. The number of halogens is 2. The second-order valence-corrected chi connectivity index (χ2v) is 10.5. The molecule has 4 fully saturated rings. The summed E-state index contributed by atoms with van der Waals surface area (Å²) in [6.07, 6.45) is 8.84. The molecule has 4 aliphatic rings. The van der Waals surface area contributed by atoms with Gasteiger partial charge in [0.25, 0.3) is 0 Å². The number of rotatable bonds is 2. The molecular weight excluding hydrogens is 318 g/mol. The second kappa shape index (κ2) is 5.91. The Morgan fingerprint density at radius 3 is 2.28 bits per heavy atom. The summed E-state index contributed by atoms with van der Waals surface area (Å²) in [5, 5.41) is 0. The number of hydrogen-bond donors (Lipinski definition) is 0. The van der Waals surface area contributed by atoms with Crippen LogP contribution in [0.25, 0.3) is 0 Å². The molecule has 7 atom stereocenters. The van der Waals surface area contributed by atoms with Crippen LogP contribution in [-0.2, 0) is 4.74 Å². The van der Waals surface area contributed by atoms with Crippen LogP contribution >= 0.6 is 0 Å². The highest BCUT2D eigenvalue weighted by molar-refractivity contribution is 5.10. The molecule has 4 saturated carbocycles. The predicted octanol–water partition coefficient (Wildman–Crippen LogP) is 6.46. The molecule has 2 unspecified atom stereocenters. The fourth-order valence-electron chi connectivity index (χ4n) is 7.68. The first-order valence-electron chi connectivity index (χ1n) is 10.7. The Hall–Kier alpha value is -0.180. The van der Waals surface area contributed by atoms with Crippen molar-refractivity contribution < 1.29 is 13.5 Å². The Labute approximate surface area is 152 Å². The molecule has 0 aromatic rings. The molecule has 0 N–H and O–H groups in total. The van der Waals surface area contributed by atoms with Gasteiger partial charge in [0, 0.05) is 12.8 Å². The van der Waals surface area contributed by atoms with Gasteiger partial charge in [0.2, 0.25) is 5.92 Å². The lowest BCUT2D eigenvalue weighted by Gasteiger charge is -2.61. The first kappa shape index (κ1) is 18.2. The normalized spacial score (nSPS) is 51.7. The van der Waals surface area contributed by atoms with Crippen molar-refractivity contribution >= 4 is 0 Å². The first-order valence-corrected chi connectivity index (χ1v) is 10.7. The third kappa shape index (κ3) is 2.78. The van der Waals surface area contributed by atoms with Gasteiger partial charge in [-0.15, -0.1) is 0 Å². The van der Waals surface area contributed by atoms with Crippen molar-refractivity contribution in [3.05, 3.63) is 0 Å². The van der Waals surface area contributed by atoms with Gasteiger partial charge in [-0.1, -0.05) is 13.8 Å². The third-order valence-electron chi connectivity index (χ3n) is 8.99. The molecule has 0 saturated heterocycles. The summed E-state index contributed by atoms with van der Waals surface area (Å²) < 4.78 is 34.3. The molecule has 144 valence electrons. The molecule has 0 bridgehead atoms. The Balaban J connectivity index is 1.56. The standard InChI is InChI=1S/C22H36F2O/c1-14(2)25-19-8-7-17-16-6-5-15-13-22(23,24)12-11-20(15,3)18(16)9-10-21(17,19)4/h14-19H,5-13H2,1-4H3/t15?,16-,17-,18?,19-,20-,21-/m0/s1. The zero-order valence-corrected chi connectivity index (χ0v) is 16.5. The number of fused-ring (bicyclic) bond motifs is 5.